The number of aliphatic carboxylic acids is 1. The van der Waals surface area contributed by atoms with Crippen LogP contribution in [0.2, 0.25) is 0 Å². The SMILES string of the molecule is CCC(C)C(NC(=O)c1ccc2c(c1)N=S=N2)C(=O)O. The van der Waals surface area contributed by atoms with Crippen molar-refractivity contribution in [1.29, 1.82) is 0 Å². The molecule has 0 aliphatic carbocycles. The van der Waals surface area contributed by atoms with E-state index in [1.54, 1.807) is 25.1 Å². The summed E-state index contributed by atoms with van der Waals surface area (Å²) in [6, 6.07) is 4.04. The molecule has 0 bridgehead atoms. The van der Waals surface area contributed by atoms with Gasteiger partial charge in [0.15, 0.2) is 0 Å². The van der Waals surface area contributed by atoms with Crippen LogP contribution in [-0.2, 0) is 16.1 Å². The maximum atomic E-state index is 12.1. The third-order valence-corrected chi connectivity index (χ3v) is 3.84. The highest BCUT2D eigenvalue weighted by atomic mass is 32.1. The highest BCUT2D eigenvalue weighted by Gasteiger charge is 2.26. The molecule has 2 rings (SSSR count). The van der Waals surface area contributed by atoms with Crippen molar-refractivity contribution < 1.29 is 14.7 Å². The second-order valence-electron chi connectivity index (χ2n) is 4.64. The molecule has 2 atom stereocenters. The van der Waals surface area contributed by atoms with Crippen LogP contribution in [-0.4, -0.2) is 23.0 Å². The molecule has 2 unspecified atom stereocenters. The molecule has 6 nitrogen and oxygen atoms in total. The molecule has 1 aliphatic rings. The highest BCUT2D eigenvalue weighted by molar-refractivity contribution is 7.58. The first kappa shape index (κ1) is 14.4. The van der Waals surface area contributed by atoms with E-state index in [1.165, 1.54) is 0 Å². The maximum Gasteiger partial charge on any atom is 0.326 e. The maximum absolute atomic E-state index is 12.1. The Kier molecular flexibility index (Phi) is 4.29. The van der Waals surface area contributed by atoms with Crippen LogP contribution in [0.15, 0.2) is 26.9 Å². The van der Waals surface area contributed by atoms with Crippen LogP contribution in [0.5, 0.6) is 0 Å². The molecule has 106 valence electrons. The minimum Gasteiger partial charge on any atom is -0.480 e. The van der Waals surface area contributed by atoms with E-state index < -0.39 is 17.9 Å². The number of carboxylic acid groups (broad SMARTS) is 1. The normalized spacial score (nSPS) is 15.1. The van der Waals surface area contributed by atoms with E-state index in [4.69, 9.17) is 0 Å². The van der Waals surface area contributed by atoms with Gasteiger partial charge in [-0.05, 0) is 24.1 Å². The first-order valence-electron chi connectivity index (χ1n) is 6.29. The van der Waals surface area contributed by atoms with Crippen molar-refractivity contribution in [2.45, 2.75) is 26.3 Å². The van der Waals surface area contributed by atoms with E-state index in [2.05, 4.69) is 14.0 Å². The van der Waals surface area contributed by atoms with E-state index in [0.717, 1.165) is 17.0 Å². The summed E-state index contributed by atoms with van der Waals surface area (Å²) in [7, 11) is 0. The van der Waals surface area contributed by atoms with Crippen LogP contribution in [0.3, 0.4) is 0 Å². The number of benzene rings is 1. The van der Waals surface area contributed by atoms with E-state index in [9.17, 15) is 14.7 Å². The van der Waals surface area contributed by atoms with Crippen LogP contribution >= 0.6 is 0 Å². The molecule has 1 amide bonds. The summed E-state index contributed by atoms with van der Waals surface area (Å²) < 4.78 is 8.12. The Balaban J connectivity index is 2.15. The van der Waals surface area contributed by atoms with Crippen molar-refractivity contribution in [3.63, 3.8) is 0 Å². The number of nitrogens with one attached hydrogen (secondary N) is 1. The zero-order chi connectivity index (χ0) is 14.7. The minimum atomic E-state index is -1.02. The fourth-order valence-corrected chi connectivity index (χ4v) is 2.35. The smallest absolute Gasteiger partial charge is 0.326 e. The molecule has 0 spiro atoms. The summed E-state index contributed by atoms with van der Waals surface area (Å²) in [5.74, 6) is -1.57. The first-order chi connectivity index (χ1) is 9.52. The predicted molar refractivity (Wildman–Crippen MR) is 76.3 cm³/mol. The van der Waals surface area contributed by atoms with Crippen molar-refractivity contribution in [2.75, 3.05) is 0 Å². The lowest BCUT2D eigenvalue weighted by atomic mass is 9.99. The molecular weight excluding hydrogens is 278 g/mol. The standard InChI is InChI=1S/C13H15N3O3S/c1-3-7(2)11(13(18)19)14-12(17)8-4-5-9-10(6-8)16-20-15-9/h4-7,11H,3H2,1-2H3,(H,14,17)(H,18,19). The molecule has 0 saturated carbocycles. The van der Waals surface area contributed by atoms with Gasteiger partial charge < -0.3 is 10.4 Å². The number of amides is 1. The van der Waals surface area contributed by atoms with Crippen LogP contribution in [0.4, 0.5) is 11.4 Å². The third-order valence-electron chi connectivity index (χ3n) is 3.28. The van der Waals surface area contributed by atoms with Crippen LogP contribution in [0, 0.1) is 5.92 Å². The second-order valence-corrected chi connectivity index (χ2v) is 5.17. The van der Waals surface area contributed by atoms with Crippen molar-refractivity contribution in [3.05, 3.63) is 23.8 Å². The molecule has 0 aromatic heterocycles. The second kappa shape index (κ2) is 5.96. The highest BCUT2D eigenvalue weighted by Crippen LogP contribution is 2.32. The Labute approximate surface area is 120 Å². The zero-order valence-corrected chi connectivity index (χ0v) is 12.0. The van der Waals surface area contributed by atoms with Gasteiger partial charge in [0.25, 0.3) is 5.91 Å². The Morgan fingerprint density at radius 3 is 2.70 bits per heavy atom. The van der Waals surface area contributed by atoms with Crippen LogP contribution in [0.1, 0.15) is 30.6 Å². The number of rotatable bonds is 5. The first-order valence-corrected chi connectivity index (χ1v) is 7.02. The molecule has 20 heavy (non-hydrogen) atoms. The van der Waals surface area contributed by atoms with Gasteiger partial charge >= 0.3 is 5.97 Å². The Bertz CT molecular complexity index is 623. The Morgan fingerprint density at radius 1 is 1.35 bits per heavy atom. The van der Waals surface area contributed by atoms with Crippen molar-refractivity contribution in [2.24, 2.45) is 14.6 Å². The summed E-state index contributed by atoms with van der Waals surface area (Å²) >= 11 is 1.07. The number of hydrogen-bond donors (Lipinski definition) is 2. The summed E-state index contributed by atoms with van der Waals surface area (Å²) in [4.78, 5) is 23.3. The molecule has 1 aliphatic heterocycles. The van der Waals surface area contributed by atoms with Gasteiger partial charge in [0.2, 0.25) is 0 Å². The average molecular weight is 293 g/mol. The van der Waals surface area contributed by atoms with E-state index in [1.807, 2.05) is 6.92 Å². The molecule has 7 heteroatoms. The summed E-state index contributed by atoms with van der Waals surface area (Å²) in [5, 5.41) is 11.7. The molecule has 2 N–H and O–H groups in total. The number of carboxylic acids is 1. The van der Waals surface area contributed by atoms with Gasteiger partial charge in [-0.2, -0.15) is 8.73 Å². The van der Waals surface area contributed by atoms with Crippen molar-refractivity contribution in [1.82, 2.24) is 5.32 Å². The lowest BCUT2D eigenvalue weighted by Crippen LogP contribution is -2.45. The van der Waals surface area contributed by atoms with Crippen LogP contribution in [0.25, 0.3) is 0 Å². The number of carbonyl (C=O) groups is 2. The van der Waals surface area contributed by atoms with E-state index in [0.29, 0.717) is 17.7 Å². The lowest BCUT2D eigenvalue weighted by molar-refractivity contribution is -0.140. The lowest BCUT2D eigenvalue weighted by Gasteiger charge is -2.20. The van der Waals surface area contributed by atoms with Crippen molar-refractivity contribution >= 4 is 34.6 Å². The fourth-order valence-electron chi connectivity index (χ4n) is 1.83. The van der Waals surface area contributed by atoms with Gasteiger partial charge in [0, 0.05) is 5.56 Å². The van der Waals surface area contributed by atoms with Gasteiger partial charge in [-0.15, -0.1) is 0 Å². The fraction of sp³-hybridized carbons (Fsp3) is 0.385. The number of carbonyl (C=O) groups excluding carboxylic acids is 1. The summed E-state index contributed by atoms with van der Waals surface area (Å²) in [5.41, 5.74) is 1.75. The molecule has 1 heterocycles. The summed E-state index contributed by atoms with van der Waals surface area (Å²) in [6.07, 6.45) is 0.673. The average Bonchev–Trinajstić information content (AvgIpc) is 2.90. The number of hydrogen-bond acceptors (Lipinski definition) is 4. The Hall–Kier alpha value is -2.02. The Morgan fingerprint density at radius 2 is 2.05 bits per heavy atom. The molecular formula is C13H15N3O3S. The third kappa shape index (κ3) is 2.93. The van der Waals surface area contributed by atoms with Crippen LogP contribution < -0.4 is 5.32 Å². The topological polar surface area (TPSA) is 91.1 Å². The summed E-state index contributed by atoms with van der Waals surface area (Å²) in [6.45, 7) is 3.69. The van der Waals surface area contributed by atoms with Gasteiger partial charge in [-0.25, -0.2) is 4.79 Å². The van der Waals surface area contributed by atoms with E-state index >= 15 is 0 Å². The minimum absolute atomic E-state index is 0.138. The molecule has 0 radical (unpaired) electrons. The van der Waals surface area contributed by atoms with Gasteiger partial charge in [0.05, 0.1) is 11.4 Å². The number of nitrogens with zero attached hydrogens (tertiary/aromatic N) is 2. The monoisotopic (exact) mass is 293 g/mol. The quantitative estimate of drug-likeness (QED) is 0.887. The number of fused-ring (bicyclic) bond motifs is 1. The van der Waals surface area contributed by atoms with E-state index in [-0.39, 0.29) is 5.92 Å². The molecule has 0 fully saturated rings. The molecule has 0 saturated heterocycles. The van der Waals surface area contributed by atoms with Gasteiger partial charge in [0.1, 0.15) is 17.4 Å². The van der Waals surface area contributed by atoms with Crippen molar-refractivity contribution in [3.8, 4) is 0 Å². The van der Waals surface area contributed by atoms with Gasteiger partial charge in [-0.3, -0.25) is 4.79 Å². The predicted octanol–water partition coefficient (Wildman–Crippen LogP) is 2.64. The van der Waals surface area contributed by atoms with Gasteiger partial charge in [-0.1, -0.05) is 20.3 Å². The largest absolute Gasteiger partial charge is 0.480 e. The molecule has 1 aromatic carbocycles. The molecule has 1 aromatic rings. The zero-order valence-electron chi connectivity index (χ0n) is 11.2.